The lowest BCUT2D eigenvalue weighted by Crippen LogP contribution is -2.14. The predicted octanol–water partition coefficient (Wildman–Crippen LogP) is 2.37. The Hall–Kier alpha value is -2.11. The average Bonchev–Trinajstić information content (AvgIpc) is 2.79. The first kappa shape index (κ1) is 13.3. The molecular formula is C13H20N6. The Bertz CT molecular complexity index is 558. The molecule has 102 valence electrons. The van der Waals surface area contributed by atoms with Crippen molar-refractivity contribution in [3.8, 4) is 0 Å². The molecular weight excluding hydrogens is 240 g/mol. The Morgan fingerprint density at radius 3 is 2.68 bits per heavy atom. The Balaban J connectivity index is 2.28. The summed E-state index contributed by atoms with van der Waals surface area (Å²) in [5.41, 5.74) is 1.05. The number of aryl methyl sites for hydroxylation is 1. The fraction of sp³-hybridized carbons (Fsp3) is 0.462. The lowest BCUT2D eigenvalue weighted by molar-refractivity contribution is 0.539. The van der Waals surface area contributed by atoms with Gasteiger partial charge in [0.2, 0.25) is 5.95 Å². The van der Waals surface area contributed by atoms with E-state index in [1.165, 1.54) is 0 Å². The monoisotopic (exact) mass is 260 g/mol. The predicted molar refractivity (Wildman–Crippen MR) is 77.0 cm³/mol. The highest BCUT2D eigenvalue weighted by molar-refractivity contribution is 5.53. The molecule has 0 fully saturated rings. The van der Waals surface area contributed by atoms with Crippen LogP contribution in [0.15, 0.2) is 18.5 Å². The van der Waals surface area contributed by atoms with Crippen LogP contribution in [0.5, 0.6) is 0 Å². The lowest BCUT2D eigenvalue weighted by Gasteiger charge is -2.16. The number of hydrogen-bond donors (Lipinski definition) is 1. The van der Waals surface area contributed by atoms with Gasteiger partial charge in [0, 0.05) is 38.0 Å². The maximum atomic E-state index is 4.51. The number of nitrogens with one attached hydrogen (secondary N) is 1. The number of rotatable bonds is 4. The van der Waals surface area contributed by atoms with Crippen molar-refractivity contribution in [2.45, 2.75) is 26.8 Å². The van der Waals surface area contributed by atoms with Crippen molar-refractivity contribution in [1.29, 1.82) is 0 Å². The van der Waals surface area contributed by atoms with E-state index in [2.05, 4.69) is 34.2 Å². The highest BCUT2D eigenvalue weighted by Crippen LogP contribution is 2.20. The van der Waals surface area contributed by atoms with Crippen molar-refractivity contribution in [3.05, 3.63) is 24.0 Å². The molecule has 0 unspecified atom stereocenters. The summed E-state index contributed by atoms with van der Waals surface area (Å²) in [4.78, 5) is 10.8. The topological polar surface area (TPSA) is 58.9 Å². The summed E-state index contributed by atoms with van der Waals surface area (Å²) in [7, 11) is 3.94. The van der Waals surface area contributed by atoms with Crippen molar-refractivity contribution < 1.29 is 0 Å². The maximum absolute atomic E-state index is 4.51. The van der Waals surface area contributed by atoms with E-state index in [1.807, 2.05) is 42.9 Å². The van der Waals surface area contributed by atoms with Gasteiger partial charge in [0.25, 0.3) is 0 Å². The molecule has 0 aliphatic carbocycles. The van der Waals surface area contributed by atoms with Crippen molar-refractivity contribution in [3.63, 3.8) is 0 Å². The second-order valence-electron chi connectivity index (χ2n) is 4.97. The van der Waals surface area contributed by atoms with Crippen molar-refractivity contribution in [2.24, 2.45) is 0 Å². The molecule has 0 aliphatic heterocycles. The number of aromatic nitrogens is 4. The van der Waals surface area contributed by atoms with Gasteiger partial charge in [-0.15, -0.1) is 0 Å². The summed E-state index contributed by atoms with van der Waals surface area (Å²) in [6.45, 7) is 6.16. The van der Waals surface area contributed by atoms with E-state index in [9.17, 15) is 0 Å². The van der Waals surface area contributed by atoms with Gasteiger partial charge in [0.1, 0.15) is 11.6 Å². The third-order valence-electron chi connectivity index (χ3n) is 2.77. The molecule has 2 aromatic rings. The summed E-state index contributed by atoms with van der Waals surface area (Å²) in [5.74, 6) is 2.38. The minimum atomic E-state index is 0.288. The normalized spacial score (nSPS) is 10.8. The van der Waals surface area contributed by atoms with Crippen LogP contribution in [0.1, 0.15) is 25.5 Å². The van der Waals surface area contributed by atoms with Gasteiger partial charge in [-0.05, 0) is 20.8 Å². The molecule has 1 N–H and O–H groups in total. The second kappa shape index (κ2) is 5.26. The van der Waals surface area contributed by atoms with Gasteiger partial charge in [-0.3, -0.25) is 0 Å². The molecule has 2 rings (SSSR count). The molecule has 0 radical (unpaired) electrons. The molecule has 2 aromatic heterocycles. The summed E-state index contributed by atoms with van der Waals surface area (Å²) in [5, 5.41) is 7.48. The van der Waals surface area contributed by atoms with Gasteiger partial charge < -0.3 is 10.2 Å². The van der Waals surface area contributed by atoms with Crippen molar-refractivity contribution in [2.75, 3.05) is 24.3 Å². The largest absolute Gasteiger partial charge is 0.362 e. The lowest BCUT2D eigenvalue weighted by atomic mass is 10.3. The Morgan fingerprint density at radius 2 is 2.05 bits per heavy atom. The summed E-state index contributed by atoms with van der Waals surface area (Å²) in [6, 6.07) is 2.20. The first-order chi connectivity index (χ1) is 8.99. The first-order valence-electron chi connectivity index (χ1n) is 6.30. The van der Waals surface area contributed by atoms with Crippen LogP contribution in [-0.4, -0.2) is 33.8 Å². The quantitative estimate of drug-likeness (QED) is 0.914. The van der Waals surface area contributed by atoms with Crippen LogP contribution in [0.3, 0.4) is 0 Å². The van der Waals surface area contributed by atoms with Crippen LogP contribution in [0.2, 0.25) is 0 Å². The molecule has 2 heterocycles. The number of nitrogens with zero attached hydrogens (tertiary/aromatic N) is 5. The molecule has 0 bridgehead atoms. The fourth-order valence-corrected chi connectivity index (χ4v) is 1.89. The molecule has 19 heavy (non-hydrogen) atoms. The number of hydrogen-bond acceptors (Lipinski definition) is 5. The minimum Gasteiger partial charge on any atom is -0.362 e. The van der Waals surface area contributed by atoms with Gasteiger partial charge in [-0.25, -0.2) is 9.67 Å². The van der Waals surface area contributed by atoms with E-state index >= 15 is 0 Å². The van der Waals surface area contributed by atoms with Gasteiger partial charge in [-0.2, -0.15) is 10.1 Å². The van der Waals surface area contributed by atoms with Crippen LogP contribution in [0.4, 0.5) is 17.6 Å². The highest BCUT2D eigenvalue weighted by atomic mass is 15.4. The third-order valence-corrected chi connectivity index (χ3v) is 2.77. The van der Waals surface area contributed by atoms with E-state index < -0.39 is 0 Å². The van der Waals surface area contributed by atoms with Gasteiger partial charge in [0.15, 0.2) is 0 Å². The zero-order valence-electron chi connectivity index (χ0n) is 12.0. The van der Waals surface area contributed by atoms with Gasteiger partial charge >= 0.3 is 0 Å². The molecule has 0 spiro atoms. The van der Waals surface area contributed by atoms with E-state index in [-0.39, 0.29) is 6.04 Å². The zero-order chi connectivity index (χ0) is 14.0. The zero-order valence-corrected chi connectivity index (χ0v) is 12.0. The Morgan fingerprint density at radius 1 is 1.32 bits per heavy atom. The molecule has 0 saturated carbocycles. The molecule has 0 aromatic carbocycles. The van der Waals surface area contributed by atoms with Crippen LogP contribution >= 0.6 is 0 Å². The van der Waals surface area contributed by atoms with Crippen molar-refractivity contribution in [1.82, 2.24) is 19.7 Å². The Kier molecular flexibility index (Phi) is 3.69. The van der Waals surface area contributed by atoms with Gasteiger partial charge in [0.05, 0.1) is 6.20 Å². The van der Waals surface area contributed by atoms with Crippen LogP contribution in [0.25, 0.3) is 0 Å². The van der Waals surface area contributed by atoms with Crippen LogP contribution in [0, 0.1) is 6.92 Å². The van der Waals surface area contributed by atoms with E-state index in [1.54, 1.807) is 6.20 Å². The van der Waals surface area contributed by atoms with Crippen LogP contribution in [-0.2, 0) is 0 Å². The van der Waals surface area contributed by atoms with Crippen molar-refractivity contribution >= 4 is 17.6 Å². The average molecular weight is 260 g/mol. The summed E-state index contributed by atoms with van der Waals surface area (Å²) < 4.78 is 1.90. The van der Waals surface area contributed by atoms with E-state index in [0.29, 0.717) is 5.95 Å². The van der Waals surface area contributed by atoms with Gasteiger partial charge in [-0.1, -0.05) is 0 Å². The maximum Gasteiger partial charge on any atom is 0.230 e. The third kappa shape index (κ3) is 2.83. The molecule has 0 amide bonds. The minimum absolute atomic E-state index is 0.288. The number of anilines is 3. The van der Waals surface area contributed by atoms with Crippen LogP contribution < -0.4 is 10.2 Å². The SMILES string of the molecule is Cc1cnc(Nc2ccnn2C(C)C)nc1N(C)C. The second-order valence-corrected chi connectivity index (χ2v) is 4.97. The smallest absolute Gasteiger partial charge is 0.230 e. The molecule has 6 heteroatoms. The molecule has 6 nitrogen and oxygen atoms in total. The molecule has 0 aliphatic rings. The molecule has 0 saturated heterocycles. The first-order valence-corrected chi connectivity index (χ1v) is 6.30. The highest BCUT2D eigenvalue weighted by Gasteiger charge is 2.09. The Labute approximate surface area is 113 Å². The standard InChI is InChI=1S/C13H20N6/c1-9(2)19-11(6-7-15-19)16-13-14-8-10(3)12(17-13)18(4)5/h6-9H,1-5H3,(H,14,16,17). The van der Waals surface area contributed by atoms with E-state index in [0.717, 1.165) is 17.2 Å². The fourth-order valence-electron chi connectivity index (χ4n) is 1.89. The molecule has 0 atom stereocenters. The van der Waals surface area contributed by atoms with E-state index in [4.69, 9.17) is 0 Å². The summed E-state index contributed by atoms with van der Waals surface area (Å²) >= 11 is 0. The summed E-state index contributed by atoms with van der Waals surface area (Å²) in [6.07, 6.45) is 3.59.